The van der Waals surface area contributed by atoms with Crippen LogP contribution in [0.1, 0.15) is 12.0 Å². The van der Waals surface area contributed by atoms with Gasteiger partial charge in [0.2, 0.25) is 0 Å². The number of benzene rings is 1. The van der Waals surface area contributed by atoms with E-state index < -0.39 is 5.23 Å². The van der Waals surface area contributed by atoms with Gasteiger partial charge in [-0.15, -0.1) is 11.6 Å². The van der Waals surface area contributed by atoms with E-state index in [4.69, 9.17) is 16.8 Å². The maximum atomic E-state index is 10.9. The Morgan fingerprint density at radius 3 is 2.71 bits per heavy atom. The number of para-hydroxylation sites is 1. The number of quaternary nitrogens is 1. The number of hydrogen-bond donors (Lipinski definition) is 2. The van der Waals surface area contributed by atoms with Gasteiger partial charge in [-0.05, 0) is 18.8 Å². The van der Waals surface area contributed by atoms with Crippen molar-refractivity contribution < 1.29 is 10.4 Å². The molecule has 0 radical (unpaired) electrons. The Balaban J connectivity index is 2.15. The van der Waals surface area contributed by atoms with Gasteiger partial charge in [-0.3, -0.25) is 0 Å². The van der Waals surface area contributed by atoms with E-state index in [1.807, 2.05) is 12.1 Å². The summed E-state index contributed by atoms with van der Waals surface area (Å²) in [5.74, 6) is 0.470. The smallest absolute Gasteiger partial charge is 0.166 e. The molecule has 4 heteroatoms. The third-order valence-electron chi connectivity index (χ3n) is 2.57. The quantitative estimate of drug-likeness (QED) is 0.587. The fraction of sp³-hybridized carbons (Fsp3) is 0.400. The van der Waals surface area contributed by atoms with Crippen LogP contribution in [0, 0.1) is 11.1 Å². The molecule has 2 rings (SSSR count). The topological polar surface area (TPSA) is 47.7 Å². The molecule has 1 fully saturated rings. The first-order valence-corrected chi connectivity index (χ1v) is 5.07. The van der Waals surface area contributed by atoms with E-state index >= 15 is 0 Å². The first-order chi connectivity index (χ1) is 6.68. The van der Waals surface area contributed by atoms with Gasteiger partial charge in [0.25, 0.3) is 0 Å². The Labute approximate surface area is 87.4 Å². The zero-order valence-corrected chi connectivity index (χ0v) is 8.37. The summed E-state index contributed by atoms with van der Waals surface area (Å²) in [7, 11) is 0. The highest BCUT2D eigenvalue weighted by Gasteiger charge is 2.35. The maximum absolute atomic E-state index is 10.9. The molecule has 0 amide bonds. The summed E-state index contributed by atoms with van der Waals surface area (Å²) in [6.07, 6.45) is 1.80. The first-order valence-electron chi connectivity index (χ1n) is 4.63. The maximum Gasteiger partial charge on any atom is 0.166 e. The van der Waals surface area contributed by atoms with Crippen molar-refractivity contribution in [3.05, 3.63) is 35.0 Å². The highest BCUT2D eigenvalue weighted by molar-refractivity contribution is 6.22. The van der Waals surface area contributed by atoms with Gasteiger partial charge in [-0.1, -0.05) is 18.2 Å². The van der Waals surface area contributed by atoms with Crippen molar-refractivity contribution in [1.29, 1.82) is 0 Å². The minimum Gasteiger partial charge on any atom is -0.595 e. The predicted molar refractivity (Wildman–Crippen MR) is 53.7 cm³/mol. The van der Waals surface area contributed by atoms with Crippen LogP contribution in [0.3, 0.4) is 0 Å². The van der Waals surface area contributed by atoms with Gasteiger partial charge < -0.3 is 5.21 Å². The lowest BCUT2D eigenvalue weighted by Crippen LogP contribution is -2.99. The molecule has 3 nitrogen and oxygen atoms in total. The van der Waals surface area contributed by atoms with Crippen molar-refractivity contribution in [3.63, 3.8) is 0 Å². The van der Waals surface area contributed by atoms with E-state index in [0.717, 1.165) is 18.4 Å². The predicted octanol–water partition coefficient (Wildman–Crippen LogP) is 1.26. The van der Waals surface area contributed by atoms with Gasteiger partial charge in [0.05, 0.1) is 0 Å². The van der Waals surface area contributed by atoms with Crippen LogP contribution >= 0.6 is 11.6 Å². The molecule has 1 aromatic carbocycles. The van der Waals surface area contributed by atoms with Gasteiger partial charge in [-0.25, -0.2) is 5.21 Å². The fourth-order valence-electron chi connectivity index (χ4n) is 1.61. The van der Waals surface area contributed by atoms with Gasteiger partial charge >= 0.3 is 0 Å². The number of halogens is 1. The molecule has 1 aliphatic rings. The molecule has 0 saturated heterocycles. The van der Waals surface area contributed by atoms with Crippen LogP contribution in [0.2, 0.25) is 0 Å². The molecule has 0 spiro atoms. The molecule has 1 saturated carbocycles. The molecule has 0 heterocycles. The largest absolute Gasteiger partial charge is 0.595 e. The second-order valence-electron chi connectivity index (χ2n) is 3.68. The first kappa shape index (κ1) is 9.93. The van der Waals surface area contributed by atoms with Gasteiger partial charge in [-0.2, -0.15) is 5.23 Å². The molecule has 14 heavy (non-hydrogen) atoms. The summed E-state index contributed by atoms with van der Waals surface area (Å²) in [6.45, 7) is 0. The highest BCUT2D eigenvalue weighted by Crippen LogP contribution is 2.39. The normalized spacial score (nSPS) is 27.4. The molecule has 0 aliphatic heterocycles. The lowest BCUT2D eigenvalue weighted by molar-refractivity contribution is -0.991. The summed E-state index contributed by atoms with van der Waals surface area (Å²) in [6, 6.07) is 7.13. The van der Waals surface area contributed by atoms with E-state index in [9.17, 15) is 5.21 Å². The van der Waals surface area contributed by atoms with Crippen LogP contribution in [0.15, 0.2) is 24.3 Å². The molecule has 3 atom stereocenters. The molecule has 1 unspecified atom stereocenters. The van der Waals surface area contributed by atoms with Crippen molar-refractivity contribution >= 4 is 17.3 Å². The van der Waals surface area contributed by atoms with Gasteiger partial charge in [0.15, 0.2) is 5.69 Å². The van der Waals surface area contributed by atoms with Crippen LogP contribution in [0.5, 0.6) is 0 Å². The van der Waals surface area contributed by atoms with Crippen LogP contribution in [-0.2, 0) is 6.42 Å². The number of rotatable bonds is 3. The van der Waals surface area contributed by atoms with Crippen LogP contribution in [0.4, 0.5) is 5.69 Å². The van der Waals surface area contributed by atoms with E-state index in [-0.39, 0.29) is 5.38 Å². The second kappa shape index (κ2) is 3.87. The van der Waals surface area contributed by atoms with Crippen LogP contribution in [-0.4, -0.2) is 10.6 Å². The third-order valence-corrected chi connectivity index (χ3v) is 3.10. The summed E-state index contributed by atoms with van der Waals surface area (Å²) < 4.78 is 0. The van der Waals surface area contributed by atoms with Crippen molar-refractivity contribution in [2.45, 2.75) is 18.2 Å². The molecular weight excluding hydrogens is 202 g/mol. The third kappa shape index (κ3) is 2.07. The van der Waals surface area contributed by atoms with E-state index in [0.29, 0.717) is 11.6 Å². The van der Waals surface area contributed by atoms with Crippen molar-refractivity contribution in [2.24, 2.45) is 5.92 Å². The van der Waals surface area contributed by atoms with E-state index in [2.05, 4.69) is 0 Å². The Hall–Kier alpha value is -0.610. The molecule has 2 N–H and O–H groups in total. The standard InChI is InChI=1S/C10H12ClNO2/c11-9-6-8(9)5-7-3-1-2-4-10(7)12(13)14/h1-4,8-9,12-13H,5-6H2/t8-,9-/m0/s1. The average Bonchev–Trinajstić information content (AvgIpc) is 2.82. The second-order valence-corrected chi connectivity index (χ2v) is 4.24. The van der Waals surface area contributed by atoms with Crippen molar-refractivity contribution in [2.75, 3.05) is 0 Å². The van der Waals surface area contributed by atoms with Crippen LogP contribution in [0.25, 0.3) is 0 Å². The lowest BCUT2D eigenvalue weighted by atomic mass is 10.1. The van der Waals surface area contributed by atoms with E-state index in [1.54, 1.807) is 12.1 Å². The number of nitrogens with one attached hydrogen (secondary N) is 1. The SMILES string of the molecule is [O-][NH+](O)c1ccccc1C[C@H]1C[C@@H]1Cl. The Morgan fingerprint density at radius 1 is 1.50 bits per heavy atom. The molecule has 0 aromatic heterocycles. The number of hydrogen-bond acceptors (Lipinski definition) is 2. The lowest BCUT2D eigenvalue weighted by Gasteiger charge is -2.15. The van der Waals surface area contributed by atoms with Crippen molar-refractivity contribution in [3.8, 4) is 0 Å². The Bertz CT molecular complexity index is 330. The van der Waals surface area contributed by atoms with Crippen LogP contribution < -0.4 is 5.23 Å². The summed E-state index contributed by atoms with van der Waals surface area (Å²) in [4.78, 5) is 0. The molecule has 0 bridgehead atoms. The highest BCUT2D eigenvalue weighted by atomic mass is 35.5. The minimum absolute atomic E-state index is 0.247. The Morgan fingerprint density at radius 2 is 2.14 bits per heavy atom. The van der Waals surface area contributed by atoms with E-state index in [1.165, 1.54) is 0 Å². The molecular formula is C10H12ClNO2. The summed E-state index contributed by atoms with van der Waals surface area (Å²) in [5, 5.41) is 19.2. The zero-order chi connectivity index (χ0) is 10.1. The summed E-state index contributed by atoms with van der Waals surface area (Å²) in [5.41, 5.74) is 1.30. The monoisotopic (exact) mass is 213 g/mol. The van der Waals surface area contributed by atoms with Gasteiger partial charge in [0, 0.05) is 17.0 Å². The number of alkyl halides is 1. The molecule has 76 valence electrons. The van der Waals surface area contributed by atoms with Crippen molar-refractivity contribution in [1.82, 2.24) is 0 Å². The van der Waals surface area contributed by atoms with Gasteiger partial charge in [0.1, 0.15) is 0 Å². The fourth-order valence-corrected chi connectivity index (χ4v) is 1.93. The molecule has 1 aliphatic carbocycles. The Kier molecular flexibility index (Phi) is 2.74. The molecule has 1 aromatic rings. The minimum atomic E-state index is -0.854. The summed E-state index contributed by atoms with van der Waals surface area (Å²) >= 11 is 5.89. The average molecular weight is 214 g/mol. The zero-order valence-electron chi connectivity index (χ0n) is 7.61.